The smallest absolute Gasteiger partial charge is 0.338 e. The summed E-state index contributed by atoms with van der Waals surface area (Å²) in [6, 6.07) is 8.13. The highest BCUT2D eigenvalue weighted by Gasteiger charge is 2.11. The van der Waals surface area contributed by atoms with Crippen LogP contribution in [0.1, 0.15) is 35.5 Å². The molecule has 0 aliphatic carbocycles. The maximum atomic E-state index is 11.9. The molecule has 1 N–H and O–H groups in total. The van der Waals surface area contributed by atoms with Crippen LogP contribution in [-0.4, -0.2) is 41.3 Å². The Morgan fingerprint density at radius 3 is 2.76 bits per heavy atom. The topological polar surface area (TPSA) is 112 Å². The van der Waals surface area contributed by atoms with Crippen molar-refractivity contribution in [2.24, 2.45) is 5.10 Å². The van der Waals surface area contributed by atoms with Crippen molar-refractivity contribution in [2.45, 2.75) is 20.3 Å². The van der Waals surface area contributed by atoms with Crippen molar-refractivity contribution in [3.63, 3.8) is 0 Å². The standard InChI is InChI=1S/C22H21ClN4O5S/c1-3-30-20(28)11-16-13-33-22(26-16)27-25-12-14-5-6-18(17(23)9-14)32-19-10-15(7-8-24-19)21(29)31-4-2/h5-10,12-13H,3-4,11H2,1-2H3,(H,26,27). The highest BCUT2D eigenvalue weighted by atomic mass is 35.5. The maximum Gasteiger partial charge on any atom is 0.338 e. The summed E-state index contributed by atoms with van der Waals surface area (Å²) in [7, 11) is 0. The number of rotatable bonds is 10. The lowest BCUT2D eigenvalue weighted by atomic mass is 10.2. The Labute approximate surface area is 199 Å². The summed E-state index contributed by atoms with van der Waals surface area (Å²) in [6.07, 6.45) is 3.14. The second kappa shape index (κ2) is 11.9. The molecule has 0 unspecified atom stereocenters. The first-order valence-electron chi connectivity index (χ1n) is 9.98. The van der Waals surface area contributed by atoms with Crippen LogP contribution in [0.15, 0.2) is 47.0 Å². The third-order valence-electron chi connectivity index (χ3n) is 3.97. The number of aromatic nitrogens is 2. The molecule has 0 spiro atoms. The van der Waals surface area contributed by atoms with Crippen molar-refractivity contribution in [2.75, 3.05) is 18.6 Å². The molecule has 0 fully saturated rings. The van der Waals surface area contributed by atoms with Gasteiger partial charge in [-0.1, -0.05) is 11.6 Å². The Balaban J connectivity index is 1.59. The fraction of sp³-hybridized carbons (Fsp3) is 0.227. The van der Waals surface area contributed by atoms with E-state index in [0.717, 1.165) is 5.56 Å². The number of halogens is 1. The lowest BCUT2D eigenvalue weighted by molar-refractivity contribution is -0.142. The molecular formula is C22H21ClN4O5S. The molecule has 2 heterocycles. The Morgan fingerprint density at radius 2 is 2.00 bits per heavy atom. The van der Waals surface area contributed by atoms with Crippen molar-refractivity contribution in [3.8, 4) is 11.6 Å². The summed E-state index contributed by atoms with van der Waals surface area (Å²) in [5.74, 6) is -0.187. The maximum absolute atomic E-state index is 11.9. The van der Waals surface area contributed by atoms with Gasteiger partial charge in [-0.3, -0.25) is 10.2 Å². The van der Waals surface area contributed by atoms with Crippen LogP contribution >= 0.6 is 22.9 Å². The highest BCUT2D eigenvalue weighted by Crippen LogP contribution is 2.29. The van der Waals surface area contributed by atoms with Crippen LogP contribution in [0, 0.1) is 0 Å². The minimum atomic E-state index is -0.455. The van der Waals surface area contributed by atoms with E-state index in [4.69, 9.17) is 25.8 Å². The quantitative estimate of drug-likeness (QED) is 0.248. The van der Waals surface area contributed by atoms with Crippen LogP contribution in [0.25, 0.3) is 0 Å². The molecule has 3 aromatic rings. The number of anilines is 1. The molecule has 2 aromatic heterocycles. The van der Waals surface area contributed by atoms with Crippen LogP contribution in [-0.2, 0) is 20.7 Å². The Bertz CT molecular complexity index is 1150. The number of benzene rings is 1. The number of carbonyl (C=O) groups is 2. The third-order valence-corrected chi connectivity index (χ3v) is 5.06. The number of carbonyl (C=O) groups excluding carboxylic acids is 2. The fourth-order valence-electron chi connectivity index (χ4n) is 2.56. The average Bonchev–Trinajstić information content (AvgIpc) is 3.23. The zero-order valence-corrected chi connectivity index (χ0v) is 19.5. The summed E-state index contributed by atoms with van der Waals surface area (Å²) in [6.45, 7) is 4.10. The SMILES string of the molecule is CCOC(=O)Cc1csc(NN=Cc2ccc(Oc3cc(C(=O)OCC)ccn3)c(Cl)c2)n1. The number of nitrogens with zero attached hydrogens (tertiary/aromatic N) is 3. The number of hydrogen-bond donors (Lipinski definition) is 1. The van der Waals surface area contributed by atoms with Crippen LogP contribution < -0.4 is 10.2 Å². The van der Waals surface area contributed by atoms with Gasteiger partial charge in [0, 0.05) is 17.6 Å². The van der Waals surface area contributed by atoms with Gasteiger partial charge in [0.05, 0.1) is 42.1 Å². The van der Waals surface area contributed by atoms with Gasteiger partial charge in [-0.05, 0) is 43.7 Å². The molecule has 0 aliphatic heterocycles. The van der Waals surface area contributed by atoms with E-state index >= 15 is 0 Å². The summed E-state index contributed by atoms with van der Waals surface area (Å²) < 4.78 is 15.6. The molecule has 0 saturated heterocycles. The Morgan fingerprint density at radius 1 is 1.18 bits per heavy atom. The van der Waals surface area contributed by atoms with Gasteiger partial charge in [0.2, 0.25) is 11.0 Å². The van der Waals surface area contributed by atoms with Crippen molar-refractivity contribution in [3.05, 3.63) is 63.8 Å². The molecule has 172 valence electrons. The molecule has 3 rings (SSSR count). The second-order valence-corrected chi connectivity index (χ2v) is 7.66. The lowest BCUT2D eigenvalue weighted by Crippen LogP contribution is -2.07. The van der Waals surface area contributed by atoms with Crippen molar-refractivity contribution < 1.29 is 23.8 Å². The van der Waals surface area contributed by atoms with Crippen molar-refractivity contribution in [1.29, 1.82) is 0 Å². The largest absolute Gasteiger partial charge is 0.466 e. The van der Waals surface area contributed by atoms with Gasteiger partial charge in [-0.15, -0.1) is 11.3 Å². The molecule has 1 aromatic carbocycles. The van der Waals surface area contributed by atoms with Gasteiger partial charge in [0.15, 0.2) is 0 Å². The zero-order valence-electron chi connectivity index (χ0n) is 17.9. The van der Waals surface area contributed by atoms with Gasteiger partial charge in [-0.2, -0.15) is 5.10 Å². The van der Waals surface area contributed by atoms with Crippen molar-refractivity contribution >= 4 is 46.2 Å². The summed E-state index contributed by atoms with van der Waals surface area (Å²) in [5, 5.41) is 6.79. The molecule has 0 aliphatic rings. The molecule has 33 heavy (non-hydrogen) atoms. The lowest BCUT2D eigenvalue weighted by Gasteiger charge is -2.08. The number of pyridine rings is 1. The Kier molecular flexibility index (Phi) is 8.73. The molecule has 0 saturated carbocycles. The van der Waals surface area contributed by atoms with E-state index < -0.39 is 5.97 Å². The van der Waals surface area contributed by atoms with Crippen molar-refractivity contribution in [1.82, 2.24) is 9.97 Å². The van der Waals surface area contributed by atoms with E-state index in [1.807, 2.05) is 0 Å². The molecule has 0 amide bonds. The zero-order chi connectivity index (χ0) is 23.6. The monoisotopic (exact) mass is 488 g/mol. The van der Waals surface area contributed by atoms with E-state index in [1.165, 1.54) is 23.6 Å². The van der Waals surface area contributed by atoms with E-state index in [9.17, 15) is 9.59 Å². The van der Waals surface area contributed by atoms with Crippen LogP contribution in [0.4, 0.5) is 5.13 Å². The minimum Gasteiger partial charge on any atom is -0.466 e. The van der Waals surface area contributed by atoms with Crippen LogP contribution in [0.2, 0.25) is 5.02 Å². The molecule has 0 bridgehead atoms. The normalized spacial score (nSPS) is 10.8. The molecule has 9 nitrogen and oxygen atoms in total. The van der Waals surface area contributed by atoms with Crippen LogP contribution in [0.3, 0.4) is 0 Å². The average molecular weight is 489 g/mol. The molecule has 0 atom stereocenters. The van der Waals surface area contributed by atoms with Gasteiger partial charge in [0.1, 0.15) is 5.75 Å². The summed E-state index contributed by atoms with van der Waals surface area (Å²) in [5.41, 5.74) is 4.48. The first kappa shape index (κ1) is 24.1. The third kappa shape index (κ3) is 7.26. The first-order chi connectivity index (χ1) is 16.0. The highest BCUT2D eigenvalue weighted by molar-refractivity contribution is 7.13. The molecule has 11 heteroatoms. The molecular weight excluding hydrogens is 468 g/mol. The van der Waals surface area contributed by atoms with E-state index in [0.29, 0.717) is 33.8 Å². The van der Waals surface area contributed by atoms with Gasteiger partial charge >= 0.3 is 11.9 Å². The predicted molar refractivity (Wildman–Crippen MR) is 125 cm³/mol. The molecule has 0 radical (unpaired) electrons. The number of hydrogen-bond acceptors (Lipinski definition) is 10. The fourth-order valence-corrected chi connectivity index (χ4v) is 3.45. The summed E-state index contributed by atoms with van der Waals surface area (Å²) >= 11 is 7.65. The van der Waals surface area contributed by atoms with Gasteiger partial charge in [-0.25, -0.2) is 14.8 Å². The van der Waals surface area contributed by atoms with Gasteiger partial charge in [0.25, 0.3) is 0 Å². The number of hydrazone groups is 1. The number of ether oxygens (including phenoxy) is 3. The van der Waals surface area contributed by atoms with E-state index in [-0.39, 0.29) is 24.9 Å². The predicted octanol–water partition coefficient (Wildman–Crippen LogP) is 4.71. The number of nitrogens with one attached hydrogen (secondary N) is 1. The number of esters is 2. The second-order valence-electron chi connectivity index (χ2n) is 6.39. The Hall–Kier alpha value is -3.50. The first-order valence-corrected chi connectivity index (χ1v) is 11.2. The number of thiazole rings is 1. The van der Waals surface area contributed by atoms with E-state index in [2.05, 4.69) is 20.5 Å². The van der Waals surface area contributed by atoms with Gasteiger partial charge < -0.3 is 14.2 Å². The summed E-state index contributed by atoms with van der Waals surface area (Å²) in [4.78, 5) is 31.8. The minimum absolute atomic E-state index is 0.115. The van der Waals surface area contributed by atoms with Crippen LogP contribution in [0.5, 0.6) is 11.6 Å². The van der Waals surface area contributed by atoms with E-state index in [1.54, 1.807) is 49.7 Å².